The molecule has 0 aliphatic carbocycles. The summed E-state index contributed by atoms with van der Waals surface area (Å²) in [4.78, 5) is 0. The molecule has 0 saturated heterocycles. The molecule has 0 aliphatic rings. The number of nitrogens with zero attached hydrogens (tertiary/aromatic N) is 2. The SMILES string of the molecule is CCn1nc(C)c(Cl)c1CNc1c(F)cccc1Br. The van der Waals surface area contributed by atoms with Crippen LogP contribution in [0.15, 0.2) is 22.7 Å². The molecule has 2 aromatic rings. The van der Waals surface area contributed by atoms with Crippen LogP contribution in [0.4, 0.5) is 10.1 Å². The Labute approximate surface area is 124 Å². The van der Waals surface area contributed by atoms with Crippen LogP contribution < -0.4 is 5.32 Å². The molecule has 0 bridgehead atoms. The molecule has 2 rings (SSSR count). The maximum absolute atomic E-state index is 13.7. The lowest BCUT2D eigenvalue weighted by molar-refractivity contribution is 0.616. The summed E-state index contributed by atoms with van der Waals surface area (Å²) in [6, 6.07) is 4.85. The molecule has 102 valence electrons. The van der Waals surface area contributed by atoms with E-state index in [1.807, 2.05) is 18.5 Å². The lowest BCUT2D eigenvalue weighted by atomic mass is 10.3. The number of hydrogen-bond donors (Lipinski definition) is 1. The Bertz CT molecular complexity index is 578. The number of halogens is 3. The van der Waals surface area contributed by atoms with Crippen molar-refractivity contribution in [3.05, 3.63) is 44.9 Å². The van der Waals surface area contributed by atoms with Gasteiger partial charge in [-0.25, -0.2) is 4.39 Å². The van der Waals surface area contributed by atoms with Crippen molar-refractivity contribution in [3.8, 4) is 0 Å². The molecule has 0 aliphatic heterocycles. The van der Waals surface area contributed by atoms with Gasteiger partial charge >= 0.3 is 0 Å². The number of rotatable bonds is 4. The van der Waals surface area contributed by atoms with Gasteiger partial charge in [0.1, 0.15) is 5.82 Å². The van der Waals surface area contributed by atoms with E-state index in [0.717, 1.165) is 17.9 Å². The fraction of sp³-hybridized carbons (Fsp3) is 0.308. The molecule has 0 unspecified atom stereocenters. The highest BCUT2D eigenvalue weighted by atomic mass is 79.9. The molecule has 1 aromatic heterocycles. The van der Waals surface area contributed by atoms with Crippen LogP contribution >= 0.6 is 27.5 Å². The number of para-hydroxylation sites is 1. The van der Waals surface area contributed by atoms with Crippen molar-refractivity contribution < 1.29 is 4.39 Å². The van der Waals surface area contributed by atoms with Crippen molar-refractivity contribution in [2.75, 3.05) is 5.32 Å². The zero-order chi connectivity index (χ0) is 14.0. The summed E-state index contributed by atoms with van der Waals surface area (Å²) in [5, 5.41) is 8.01. The van der Waals surface area contributed by atoms with Crippen molar-refractivity contribution in [1.29, 1.82) is 0 Å². The predicted molar refractivity (Wildman–Crippen MR) is 79.1 cm³/mol. The molecule has 6 heteroatoms. The third-order valence-electron chi connectivity index (χ3n) is 2.85. The largest absolute Gasteiger partial charge is 0.376 e. The van der Waals surface area contributed by atoms with E-state index in [2.05, 4.69) is 26.3 Å². The van der Waals surface area contributed by atoms with Gasteiger partial charge in [0.25, 0.3) is 0 Å². The normalized spacial score (nSPS) is 10.8. The first-order valence-corrected chi connectivity index (χ1v) is 7.11. The minimum atomic E-state index is -0.301. The molecule has 1 N–H and O–H groups in total. The monoisotopic (exact) mass is 345 g/mol. The van der Waals surface area contributed by atoms with E-state index in [1.54, 1.807) is 12.1 Å². The fourth-order valence-electron chi connectivity index (χ4n) is 1.88. The van der Waals surface area contributed by atoms with E-state index in [0.29, 0.717) is 21.7 Å². The highest BCUT2D eigenvalue weighted by Crippen LogP contribution is 2.27. The van der Waals surface area contributed by atoms with Gasteiger partial charge in [-0.2, -0.15) is 5.10 Å². The van der Waals surface area contributed by atoms with Gasteiger partial charge in [0.2, 0.25) is 0 Å². The number of aromatic nitrogens is 2. The molecule has 0 amide bonds. The molecule has 1 heterocycles. The van der Waals surface area contributed by atoms with Gasteiger partial charge in [0.15, 0.2) is 0 Å². The number of aryl methyl sites for hydroxylation is 2. The molecule has 0 saturated carbocycles. The van der Waals surface area contributed by atoms with Gasteiger partial charge in [-0.05, 0) is 41.9 Å². The van der Waals surface area contributed by atoms with E-state index < -0.39 is 0 Å². The lowest BCUT2D eigenvalue weighted by Crippen LogP contribution is -2.09. The van der Waals surface area contributed by atoms with Gasteiger partial charge < -0.3 is 5.32 Å². The molecular weight excluding hydrogens is 333 g/mol. The summed E-state index contributed by atoms with van der Waals surface area (Å²) < 4.78 is 16.2. The van der Waals surface area contributed by atoms with Crippen LogP contribution in [0, 0.1) is 12.7 Å². The second-order valence-corrected chi connectivity index (χ2v) is 5.34. The lowest BCUT2D eigenvalue weighted by Gasteiger charge is -2.11. The predicted octanol–water partition coefficient (Wildman–Crippen LogP) is 4.38. The Morgan fingerprint density at radius 2 is 2.21 bits per heavy atom. The van der Waals surface area contributed by atoms with Gasteiger partial charge in [0, 0.05) is 11.0 Å². The van der Waals surface area contributed by atoms with Gasteiger partial charge in [0.05, 0.1) is 28.6 Å². The smallest absolute Gasteiger partial charge is 0.147 e. The molecule has 0 spiro atoms. The minimum absolute atomic E-state index is 0.301. The average molecular weight is 347 g/mol. The van der Waals surface area contributed by atoms with Crippen LogP contribution in [0.1, 0.15) is 18.3 Å². The Morgan fingerprint density at radius 1 is 1.47 bits per heavy atom. The molecule has 1 aromatic carbocycles. The van der Waals surface area contributed by atoms with Crippen LogP contribution in [0.3, 0.4) is 0 Å². The molecule has 0 fully saturated rings. The highest BCUT2D eigenvalue weighted by Gasteiger charge is 2.13. The van der Waals surface area contributed by atoms with E-state index in [1.165, 1.54) is 6.07 Å². The Kier molecular flexibility index (Phi) is 4.47. The second kappa shape index (κ2) is 5.92. The van der Waals surface area contributed by atoms with E-state index in [9.17, 15) is 4.39 Å². The van der Waals surface area contributed by atoms with Crippen molar-refractivity contribution in [1.82, 2.24) is 9.78 Å². The summed E-state index contributed by atoms with van der Waals surface area (Å²) >= 11 is 9.53. The van der Waals surface area contributed by atoms with Crippen LogP contribution in [0.2, 0.25) is 5.02 Å². The topological polar surface area (TPSA) is 29.9 Å². The number of anilines is 1. The summed E-state index contributed by atoms with van der Waals surface area (Å²) in [6.45, 7) is 5.00. The van der Waals surface area contributed by atoms with Crippen LogP contribution in [-0.4, -0.2) is 9.78 Å². The molecular formula is C13H14BrClFN3. The first-order chi connectivity index (χ1) is 9.04. The third kappa shape index (κ3) is 2.92. The number of nitrogens with one attached hydrogen (secondary N) is 1. The van der Waals surface area contributed by atoms with Gasteiger partial charge in [-0.15, -0.1) is 0 Å². The molecule has 0 atom stereocenters. The van der Waals surface area contributed by atoms with Crippen LogP contribution in [0.25, 0.3) is 0 Å². The summed E-state index contributed by atoms with van der Waals surface area (Å²) in [6.07, 6.45) is 0. The maximum Gasteiger partial charge on any atom is 0.147 e. The second-order valence-electron chi connectivity index (χ2n) is 4.11. The Morgan fingerprint density at radius 3 is 2.84 bits per heavy atom. The fourth-order valence-corrected chi connectivity index (χ4v) is 2.56. The Balaban J connectivity index is 2.24. The van der Waals surface area contributed by atoms with Crippen molar-refractivity contribution in [3.63, 3.8) is 0 Å². The first-order valence-electron chi connectivity index (χ1n) is 5.94. The number of benzene rings is 1. The van der Waals surface area contributed by atoms with E-state index >= 15 is 0 Å². The van der Waals surface area contributed by atoms with Crippen LogP contribution in [0.5, 0.6) is 0 Å². The van der Waals surface area contributed by atoms with Crippen molar-refractivity contribution in [2.24, 2.45) is 0 Å². The summed E-state index contributed by atoms with van der Waals surface area (Å²) in [5.74, 6) is -0.301. The zero-order valence-electron chi connectivity index (χ0n) is 10.7. The summed E-state index contributed by atoms with van der Waals surface area (Å²) in [5.41, 5.74) is 2.07. The third-order valence-corrected chi connectivity index (χ3v) is 4.00. The Hall–Kier alpha value is -1.07. The molecule has 19 heavy (non-hydrogen) atoms. The first kappa shape index (κ1) is 14.3. The standard InChI is InChI=1S/C13H14BrClFN3/c1-3-19-11(12(15)8(2)18-19)7-17-13-9(14)5-4-6-10(13)16/h4-6,17H,3,7H2,1-2H3. The maximum atomic E-state index is 13.7. The minimum Gasteiger partial charge on any atom is -0.376 e. The quantitative estimate of drug-likeness (QED) is 0.890. The van der Waals surface area contributed by atoms with Crippen molar-refractivity contribution >= 4 is 33.2 Å². The summed E-state index contributed by atoms with van der Waals surface area (Å²) in [7, 11) is 0. The van der Waals surface area contributed by atoms with Crippen LogP contribution in [-0.2, 0) is 13.1 Å². The van der Waals surface area contributed by atoms with Gasteiger partial charge in [-0.1, -0.05) is 17.7 Å². The van der Waals surface area contributed by atoms with Gasteiger partial charge in [-0.3, -0.25) is 4.68 Å². The van der Waals surface area contributed by atoms with E-state index in [4.69, 9.17) is 11.6 Å². The van der Waals surface area contributed by atoms with Crippen molar-refractivity contribution in [2.45, 2.75) is 26.9 Å². The zero-order valence-corrected chi connectivity index (χ0v) is 13.0. The number of hydrogen-bond acceptors (Lipinski definition) is 2. The average Bonchev–Trinajstić information content (AvgIpc) is 2.65. The molecule has 3 nitrogen and oxygen atoms in total. The highest BCUT2D eigenvalue weighted by molar-refractivity contribution is 9.10. The van der Waals surface area contributed by atoms with E-state index in [-0.39, 0.29) is 5.82 Å². The molecule has 0 radical (unpaired) electrons.